The third-order valence-corrected chi connectivity index (χ3v) is 2.90. The van der Waals surface area contributed by atoms with Crippen LogP contribution in [0.3, 0.4) is 0 Å². The topological polar surface area (TPSA) is 12.5 Å². The van der Waals surface area contributed by atoms with Crippen molar-refractivity contribution in [3.8, 4) is 0 Å². The van der Waals surface area contributed by atoms with Gasteiger partial charge < -0.3 is 9.64 Å². The van der Waals surface area contributed by atoms with E-state index in [1.807, 2.05) is 0 Å². The van der Waals surface area contributed by atoms with Crippen LogP contribution in [0.15, 0.2) is 0 Å². The predicted octanol–water partition coefficient (Wildman–Crippen LogP) is 0.583. The average molecular weight is 141 g/mol. The molecular formula is C8H15NO. The summed E-state index contributed by atoms with van der Waals surface area (Å²) in [7, 11) is 4.00. The lowest BCUT2D eigenvalue weighted by atomic mass is 10.2. The quantitative estimate of drug-likeness (QED) is 0.558. The van der Waals surface area contributed by atoms with Crippen LogP contribution in [-0.2, 0) is 4.74 Å². The zero-order valence-corrected chi connectivity index (χ0v) is 6.71. The second-order valence-electron chi connectivity index (χ2n) is 3.62. The fourth-order valence-corrected chi connectivity index (χ4v) is 2.21. The highest BCUT2D eigenvalue weighted by atomic mass is 16.5. The molecule has 0 aromatic carbocycles. The summed E-state index contributed by atoms with van der Waals surface area (Å²) in [6.07, 6.45) is 1.46. The molecule has 10 heavy (non-hydrogen) atoms. The van der Waals surface area contributed by atoms with Crippen molar-refractivity contribution in [2.45, 2.75) is 12.5 Å². The fourth-order valence-electron chi connectivity index (χ4n) is 2.21. The Balaban J connectivity index is 1.92. The summed E-state index contributed by atoms with van der Waals surface area (Å²) in [4.78, 5) is 2.43. The number of likely N-dealkylation sites (N-methyl/N-ethyl adjacent to an activating group) is 1. The molecule has 1 heterocycles. The number of likely N-dealkylation sites (tertiary alicyclic amines) is 1. The molecule has 3 atom stereocenters. The predicted molar refractivity (Wildman–Crippen MR) is 39.9 cm³/mol. The Morgan fingerprint density at radius 1 is 1.60 bits per heavy atom. The molecule has 2 nitrogen and oxygen atoms in total. The SMILES string of the molecule is COC[C@@H]1[C@@H]2C[C@@H]2CN1C. The van der Waals surface area contributed by atoms with E-state index in [2.05, 4.69) is 11.9 Å². The molecule has 2 rings (SSSR count). The van der Waals surface area contributed by atoms with Gasteiger partial charge in [0.05, 0.1) is 6.61 Å². The van der Waals surface area contributed by atoms with E-state index in [4.69, 9.17) is 4.74 Å². The van der Waals surface area contributed by atoms with Crippen LogP contribution in [0.2, 0.25) is 0 Å². The van der Waals surface area contributed by atoms with Crippen molar-refractivity contribution in [3.05, 3.63) is 0 Å². The summed E-state index contributed by atoms with van der Waals surface area (Å²) in [6, 6.07) is 0.731. The van der Waals surface area contributed by atoms with Gasteiger partial charge >= 0.3 is 0 Å². The maximum atomic E-state index is 5.15. The molecule has 1 aliphatic heterocycles. The molecule has 1 aliphatic carbocycles. The molecule has 1 saturated carbocycles. The van der Waals surface area contributed by atoms with E-state index in [1.54, 1.807) is 7.11 Å². The second-order valence-corrected chi connectivity index (χ2v) is 3.62. The first kappa shape index (κ1) is 6.62. The van der Waals surface area contributed by atoms with Crippen LogP contribution in [0.4, 0.5) is 0 Å². The van der Waals surface area contributed by atoms with Gasteiger partial charge in [-0.05, 0) is 25.3 Å². The summed E-state index contributed by atoms with van der Waals surface area (Å²) in [5.41, 5.74) is 0. The standard InChI is InChI=1S/C8H15NO/c1-9-4-6-3-7(6)8(9)5-10-2/h6-8H,3-5H2,1-2H3/t6-,7-,8-/m1/s1. The summed E-state index contributed by atoms with van der Waals surface area (Å²) >= 11 is 0. The first-order chi connectivity index (χ1) is 4.83. The van der Waals surface area contributed by atoms with E-state index in [-0.39, 0.29) is 0 Å². The molecule has 2 fully saturated rings. The van der Waals surface area contributed by atoms with Gasteiger partial charge in [-0.2, -0.15) is 0 Å². The van der Waals surface area contributed by atoms with Crippen molar-refractivity contribution >= 4 is 0 Å². The Morgan fingerprint density at radius 3 is 2.90 bits per heavy atom. The molecule has 0 aromatic rings. The minimum atomic E-state index is 0.731. The number of piperidine rings is 1. The van der Waals surface area contributed by atoms with E-state index in [0.29, 0.717) is 0 Å². The number of nitrogens with zero attached hydrogens (tertiary/aromatic N) is 1. The van der Waals surface area contributed by atoms with Gasteiger partial charge in [0.1, 0.15) is 0 Å². The second kappa shape index (κ2) is 2.21. The van der Waals surface area contributed by atoms with Gasteiger partial charge in [-0.25, -0.2) is 0 Å². The Labute approximate surface area is 62.2 Å². The Kier molecular flexibility index (Phi) is 1.46. The van der Waals surface area contributed by atoms with Crippen LogP contribution >= 0.6 is 0 Å². The summed E-state index contributed by atoms with van der Waals surface area (Å²) < 4.78 is 5.15. The molecule has 0 N–H and O–H groups in total. The largest absolute Gasteiger partial charge is 0.383 e. The van der Waals surface area contributed by atoms with E-state index in [9.17, 15) is 0 Å². The third-order valence-electron chi connectivity index (χ3n) is 2.90. The third kappa shape index (κ3) is 0.867. The first-order valence-electron chi connectivity index (χ1n) is 4.02. The van der Waals surface area contributed by atoms with Gasteiger partial charge in [0.15, 0.2) is 0 Å². The van der Waals surface area contributed by atoms with Gasteiger partial charge in [-0.15, -0.1) is 0 Å². The van der Waals surface area contributed by atoms with Gasteiger partial charge in [-0.3, -0.25) is 0 Å². The lowest BCUT2D eigenvalue weighted by molar-refractivity contribution is 0.115. The highest BCUT2D eigenvalue weighted by Crippen LogP contribution is 2.48. The number of ether oxygens (including phenoxy) is 1. The minimum absolute atomic E-state index is 0.731. The van der Waals surface area contributed by atoms with Crippen LogP contribution in [0.1, 0.15) is 6.42 Å². The van der Waals surface area contributed by atoms with Crippen LogP contribution < -0.4 is 0 Å². The van der Waals surface area contributed by atoms with E-state index < -0.39 is 0 Å². The molecule has 0 amide bonds. The van der Waals surface area contributed by atoms with E-state index in [0.717, 1.165) is 24.5 Å². The zero-order valence-electron chi connectivity index (χ0n) is 6.71. The Morgan fingerprint density at radius 2 is 2.40 bits per heavy atom. The molecule has 1 saturated heterocycles. The van der Waals surface area contributed by atoms with Gasteiger partial charge in [0.25, 0.3) is 0 Å². The molecule has 2 heteroatoms. The number of fused-ring (bicyclic) bond motifs is 1. The highest BCUT2D eigenvalue weighted by Gasteiger charge is 2.50. The molecular weight excluding hydrogens is 126 g/mol. The molecule has 0 radical (unpaired) electrons. The number of methoxy groups -OCH3 is 1. The number of hydrogen-bond acceptors (Lipinski definition) is 2. The first-order valence-corrected chi connectivity index (χ1v) is 4.02. The van der Waals surface area contributed by atoms with Crippen molar-refractivity contribution < 1.29 is 4.74 Å². The molecule has 0 bridgehead atoms. The Hall–Kier alpha value is -0.0800. The summed E-state index contributed by atoms with van der Waals surface area (Å²) in [5.74, 6) is 2.00. The molecule has 0 spiro atoms. The maximum absolute atomic E-state index is 5.15. The van der Waals surface area contributed by atoms with E-state index >= 15 is 0 Å². The number of rotatable bonds is 2. The normalized spacial score (nSPS) is 45.6. The van der Waals surface area contributed by atoms with Crippen molar-refractivity contribution in [3.63, 3.8) is 0 Å². The van der Waals surface area contributed by atoms with Crippen LogP contribution in [-0.4, -0.2) is 38.3 Å². The summed E-state index contributed by atoms with van der Waals surface area (Å²) in [5, 5.41) is 0. The van der Waals surface area contributed by atoms with Crippen molar-refractivity contribution in [2.24, 2.45) is 11.8 Å². The molecule has 58 valence electrons. The van der Waals surface area contributed by atoms with Crippen molar-refractivity contribution in [2.75, 3.05) is 27.3 Å². The maximum Gasteiger partial charge on any atom is 0.0620 e. The Bertz CT molecular complexity index is 135. The van der Waals surface area contributed by atoms with E-state index in [1.165, 1.54) is 13.0 Å². The van der Waals surface area contributed by atoms with Crippen LogP contribution in [0.5, 0.6) is 0 Å². The summed E-state index contributed by atoms with van der Waals surface area (Å²) in [6.45, 7) is 2.23. The minimum Gasteiger partial charge on any atom is -0.383 e. The smallest absolute Gasteiger partial charge is 0.0620 e. The number of hydrogen-bond donors (Lipinski definition) is 0. The average Bonchev–Trinajstić information content (AvgIpc) is 2.57. The highest BCUT2D eigenvalue weighted by molar-refractivity contribution is 5.02. The van der Waals surface area contributed by atoms with Crippen molar-refractivity contribution in [1.82, 2.24) is 4.90 Å². The van der Waals surface area contributed by atoms with Crippen LogP contribution in [0.25, 0.3) is 0 Å². The monoisotopic (exact) mass is 141 g/mol. The van der Waals surface area contributed by atoms with Crippen LogP contribution in [0, 0.1) is 11.8 Å². The fraction of sp³-hybridized carbons (Fsp3) is 1.00. The lowest BCUT2D eigenvalue weighted by Crippen LogP contribution is -2.32. The zero-order chi connectivity index (χ0) is 7.14. The van der Waals surface area contributed by atoms with Gasteiger partial charge in [0.2, 0.25) is 0 Å². The molecule has 2 aliphatic rings. The molecule has 0 unspecified atom stereocenters. The van der Waals surface area contributed by atoms with Gasteiger partial charge in [0, 0.05) is 19.7 Å². The van der Waals surface area contributed by atoms with Crippen molar-refractivity contribution in [1.29, 1.82) is 0 Å². The molecule has 0 aromatic heterocycles. The lowest BCUT2D eigenvalue weighted by Gasteiger charge is -2.21. The van der Waals surface area contributed by atoms with Gasteiger partial charge in [-0.1, -0.05) is 0 Å².